The minimum Gasteiger partial charge on any atom is -0.383 e. The summed E-state index contributed by atoms with van der Waals surface area (Å²) in [6, 6.07) is 4.89. The van der Waals surface area contributed by atoms with E-state index >= 15 is 0 Å². The first-order valence-corrected chi connectivity index (χ1v) is 6.08. The van der Waals surface area contributed by atoms with E-state index in [1.54, 1.807) is 23.9 Å². The van der Waals surface area contributed by atoms with Crippen molar-refractivity contribution in [3.8, 4) is 11.1 Å². The number of nitrogens with two attached hydrogens (primary N) is 1. The number of aryl methyl sites for hydroxylation is 1. The summed E-state index contributed by atoms with van der Waals surface area (Å²) in [7, 11) is 1.74. The van der Waals surface area contributed by atoms with E-state index in [9.17, 15) is 4.39 Å². The van der Waals surface area contributed by atoms with Crippen LogP contribution in [0.4, 0.5) is 10.2 Å². The van der Waals surface area contributed by atoms with Crippen molar-refractivity contribution in [2.75, 3.05) is 5.73 Å². The van der Waals surface area contributed by atoms with E-state index in [1.165, 1.54) is 6.07 Å². The Morgan fingerprint density at radius 1 is 1.39 bits per heavy atom. The molecule has 0 saturated heterocycles. The normalized spacial score (nSPS) is 11.2. The van der Waals surface area contributed by atoms with Crippen LogP contribution in [0.5, 0.6) is 0 Å². The van der Waals surface area contributed by atoms with Gasteiger partial charge in [-0.25, -0.2) is 4.39 Å². The average Bonchev–Trinajstić information content (AvgIpc) is 2.60. The summed E-state index contributed by atoms with van der Waals surface area (Å²) >= 11 is 5.81. The predicted octanol–water partition coefficient (Wildman–Crippen LogP) is 3.59. The first-order valence-electron chi connectivity index (χ1n) is 5.70. The van der Waals surface area contributed by atoms with Crippen molar-refractivity contribution in [1.29, 1.82) is 0 Å². The molecule has 1 aromatic heterocycles. The van der Waals surface area contributed by atoms with Gasteiger partial charge < -0.3 is 5.73 Å². The van der Waals surface area contributed by atoms with Gasteiger partial charge in [-0.15, -0.1) is 0 Å². The number of nitrogens with zero attached hydrogens (tertiary/aromatic N) is 2. The molecule has 96 valence electrons. The predicted molar refractivity (Wildman–Crippen MR) is 72.1 cm³/mol. The third-order valence-corrected chi connectivity index (χ3v) is 3.18. The van der Waals surface area contributed by atoms with Crippen LogP contribution in [0.3, 0.4) is 0 Å². The van der Waals surface area contributed by atoms with Gasteiger partial charge in [-0.2, -0.15) is 5.10 Å². The van der Waals surface area contributed by atoms with Gasteiger partial charge in [0.1, 0.15) is 11.6 Å². The quantitative estimate of drug-likeness (QED) is 0.904. The van der Waals surface area contributed by atoms with Crippen LogP contribution in [0.15, 0.2) is 18.2 Å². The summed E-state index contributed by atoms with van der Waals surface area (Å²) in [5.74, 6) is 0.141. The summed E-state index contributed by atoms with van der Waals surface area (Å²) in [4.78, 5) is 0. The summed E-state index contributed by atoms with van der Waals surface area (Å²) in [5.41, 5.74) is 7.79. The molecule has 2 rings (SSSR count). The fourth-order valence-electron chi connectivity index (χ4n) is 1.94. The van der Waals surface area contributed by atoms with Crippen molar-refractivity contribution < 1.29 is 4.39 Å². The number of hydrogen-bond donors (Lipinski definition) is 1. The molecule has 0 aliphatic carbocycles. The largest absolute Gasteiger partial charge is 0.383 e. The van der Waals surface area contributed by atoms with Crippen molar-refractivity contribution in [1.82, 2.24) is 9.78 Å². The second-order valence-electron chi connectivity index (χ2n) is 4.53. The van der Waals surface area contributed by atoms with Crippen LogP contribution in [-0.4, -0.2) is 9.78 Å². The molecule has 0 radical (unpaired) electrons. The zero-order valence-electron chi connectivity index (χ0n) is 10.5. The molecule has 0 aliphatic rings. The van der Waals surface area contributed by atoms with E-state index in [4.69, 9.17) is 17.3 Å². The Morgan fingerprint density at radius 2 is 2.06 bits per heavy atom. The number of anilines is 1. The highest BCUT2D eigenvalue weighted by atomic mass is 35.5. The summed E-state index contributed by atoms with van der Waals surface area (Å²) in [6.07, 6.45) is 0. The third-order valence-electron chi connectivity index (χ3n) is 2.89. The van der Waals surface area contributed by atoms with Crippen LogP contribution in [0.1, 0.15) is 25.5 Å². The van der Waals surface area contributed by atoms with E-state index in [-0.39, 0.29) is 10.9 Å². The summed E-state index contributed by atoms with van der Waals surface area (Å²) < 4.78 is 15.7. The maximum atomic E-state index is 14.1. The minimum absolute atomic E-state index is 0.0884. The van der Waals surface area contributed by atoms with Gasteiger partial charge in [0.05, 0.1) is 16.3 Å². The fraction of sp³-hybridized carbons (Fsp3) is 0.308. The molecule has 2 aromatic rings. The van der Waals surface area contributed by atoms with Crippen LogP contribution >= 0.6 is 11.6 Å². The third kappa shape index (κ3) is 1.97. The van der Waals surface area contributed by atoms with Crippen molar-refractivity contribution in [2.24, 2.45) is 7.05 Å². The maximum Gasteiger partial charge on any atom is 0.149 e. The molecule has 0 bridgehead atoms. The Morgan fingerprint density at radius 3 is 2.67 bits per heavy atom. The maximum absolute atomic E-state index is 14.1. The summed E-state index contributed by atoms with van der Waals surface area (Å²) in [5, 5.41) is 4.43. The Balaban J connectivity index is 2.74. The van der Waals surface area contributed by atoms with Gasteiger partial charge in [-0.05, 0) is 12.0 Å². The van der Waals surface area contributed by atoms with Gasteiger partial charge in [0, 0.05) is 12.6 Å². The Kier molecular flexibility index (Phi) is 3.30. The van der Waals surface area contributed by atoms with Crippen LogP contribution in [0, 0.1) is 5.82 Å². The monoisotopic (exact) mass is 267 g/mol. The molecule has 1 heterocycles. The number of aromatic nitrogens is 2. The molecule has 0 fully saturated rings. The highest BCUT2D eigenvalue weighted by Gasteiger charge is 2.21. The number of benzene rings is 1. The lowest BCUT2D eigenvalue weighted by atomic mass is 9.99. The van der Waals surface area contributed by atoms with Gasteiger partial charge >= 0.3 is 0 Å². The summed E-state index contributed by atoms with van der Waals surface area (Å²) in [6.45, 7) is 3.99. The lowest BCUT2D eigenvalue weighted by Crippen LogP contribution is -1.98. The number of nitrogen functional groups attached to an aromatic ring is 1. The highest BCUT2D eigenvalue weighted by molar-refractivity contribution is 6.31. The number of hydrogen-bond acceptors (Lipinski definition) is 2. The molecule has 1 aromatic carbocycles. The van der Waals surface area contributed by atoms with E-state index in [0.29, 0.717) is 16.9 Å². The topological polar surface area (TPSA) is 43.8 Å². The molecule has 0 saturated carbocycles. The zero-order chi connectivity index (χ0) is 13.4. The van der Waals surface area contributed by atoms with Gasteiger partial charge in [0.15, 0.2) is 0 Å². The Labute approximate surface area is 110 Å². The van der Waals surface area contributed by atoms with Crippen LogP contribution in [0.25, 0.3) is 11.1 Å². The minimum atomic E-state index is -0.458. The van der Waals surface area contributed by atoms with Gasteiger partial charge in [-0.3, -0.25) is 4.68 Å². The lowest BCUT2D eigenvalue weighted by molar-refractivity contribution is 0.631. The molecule has 0 spiro atoms. The molecule has 0 aliphatic heterocycles. The SMILES string of the molecule is CC(C)c1nn(C)c(N)c1-c1cccc(Cl)c1F. The molecule has 5 heteroatoms. The number of rotatable bonds is 2. The first kappa shape index (κ1) is 12.9. The van der Waals surface area contributed by atoms with Crippen molar-refractivity contribution in [3.63, 3.8) is 0 Å². The lowest BCUT2D eigenvalue weighted by Gasteiger charge is -2.08. The first-order chi connectivity index (χ1) is 8.43. The van der Waals surface area contributed by atoms with E-state index in [2.05, 4.69) is 5.10 Å². The standard InChI is InChI=1S/C13H15ClFN3/c1-7(2)12-10(13(16)18(3)17-12)8-5-4-6-9(14)11(8)15/h4-7H,16H2,1-3H3. The molecule has 3 nitrogen and oxygen atoms in total. The molecule has 2 N–H and O–H groups in total. The van der Waals surface area contributed by atoms with E-state index in [1.807, 2.05) is 13.8 Å². The molecule has 18 heavy (non-hydrogen) atoms. The van der Waals surface area contributed by atoms with Gasteiger partial charge in [0.25, 0.3) is 0 Å². The second kappa shape index (κ2) is 4.61. The van der Waals surface area contributed by atoms with Crippen LogP contribution in [-0.2, 0) is 7.05 Å². The molecule has 0 unspecified atom stereocenters. The average molecular weight is 268 g/mol. The molecular weight excluding hydrogens is 253 g/mol. The smallest absolute Gasteiger partial charge is 0.149 e. The van der Waals surface area contributed by atoms with Crippen LogP contribution in [0.2, 0.25) is 5.02 Å². The van der Waals surface area contributed by atoms with Gasteiger partial charge in [0.2, 0.25) is 0 Å². The molecule has 0 atom stereocenters. The Bertz CT molecular complexity index is 590. The van der Waals surface area contributed by atoms with Gasteiger partial charge in [-0.1, -0.05) is 37.6 Å². The van der Waals surface area contributed by atoms with Crippen molar-refractivity contribution in [2.45, 2.75) is 19.8 Å². The fourth-order valence-corrected chi connectivity index (χ4v) is 2.11. The van der Waals surface area contributed by atoms with Crippen molar-refractivity contribution >= 4 is 17.4 Å². The zero-order valence-corrected chi connectivity index (χ0v) is 11.3. The molecule has 0 amide bonds. The van der Waals surface area contributed by atoms with Crippen molar-refractivity contribution in [3.05, 3.63) is 34.7 Å². The van der Waals surface area contributed by atoms with Crippen LogP contribution < -0.4 is 5.73 Å². The second-order valence-corrected chi connectivity index (χ2v) is 4.93. The number of halogens is 2. The molecular formula is C13H15ClFN3. The van der Waals surface area contributed by atoms with E-state index < -0.39 is 5.82 Å². The Hall–Kier alpha value is -1.55. The van der Waals surface area contributed by atoms with E-state index in [0.717, 1.165) is 5.69 Å². The highest BCUT2D eigenvalue weighted by Crippen LogP contribution is 2.36.